The fourth-order valence-electron chi connectivity index (χ4n) is 0.910. The van der Waals surface area contributed by atoms with Gasteiger partial charge in [0.1, 0.15) is 5.78 Å². The van der Waals surface area contributed by atoms with Crippen LogP contribution in [-0.2, 0) is 4.79 Å². The van der Waals surface area contributed by atoms with E-state index in [2.05, 4.69) is 0 Å². The molecular weight excluding hydrogens is 126 g/mol. The molecular formula is C8H11NO. The van der Waals surface area contributed by atoms with E-state index < -0.39 is 0 Å². The van der Waals surface area contributed by atoms with Gasteiger partial charge in [0.2, 0.25) is 0 Å². The summed E-state index contributed by atoms with van der Waals surface area (Å²) >= 11 is 0. The highest BCUT2D eigenvalue weighted by Gasteiger charge is 2.00. The van der Waals surface area contributed by atoms with E-state index in [-0.39, 0.29) is 5.78 Å². The fraction of sp³-hybridized carbons (Fsp3) is 0.375. The lowest BCUT2D eigenvalue weighted by Gasteiger charge is -2.17. The molecule has 0 atom stereocenters. The van der Waals surface area contributed by atoms with Crippen LogP contribution in [0, 0.1) is 0 Å². The minimum atomic E-state index is 0.208. The minimum Gasteiger partial charge on any atom is -0.366 e. The fourth-order valence-corrected chi connectivity index (χ4v) is 0.910. The summed E-state index contributed by atoms with van der Waals surface area (Å²) in [6.07, 6.45) is 7.88. The van der Waals surface area contributed by atoms with Gasteiger partial charge in [-0.25, -0.2) is 0 Å². The molecule has 1 heterocycles. The molecule has 0 bridgehead atoms. The summed E-state index contributed by atoms with van der Waals surface area (Å²) in [6, 6.07) is 0. The van der Waals surface area contributed by atoms with Gasteiger partial charge >= 0.3 is 0 Å². The lowest BCUT2D eigenvalue weighted by Crippen LogP contribution is -2.24. The van der Waals surface area contributed by atoms with Crippen molar-refractivity contribution in [3.63, 3.8) is 0 Å². The number of hydrogen-bond acceptors (Lipinski definition) is 2. The Bertz CT molecular complexity index is 182. The molecule has 0 N–H and O–H groups in total. The lowest BCUT2D eigenvalue weighted by molar-refractivity contribution is -0.117. The van der Waals surface area contributed by atoms with Crippen molar-refractivity contribution in [2.45, 2.75) is 6.92 Å². The van der Waals surface area contributed by atoms with Gasteiger partial charge in [-0.3, -0.25) is 4.79 Å². The van der Waals surface area contributed by atoms with Crippen LogP contribution in [0.4, 0.5) is 0 Å². The van der Waals surface area contributed by atoms with Crippen LogP contribution in [-0.4, -0.2) is 23.8 Å². The normalized spacial score (nSPS) is 15.9. The van der Waals surface area contributed by atoms with Crippen molar-refractivity contribution < 1.29 is 4.79 Å². The van der Waals surface area contributed by atoms with E-state index in [1.165, 1.54) is 0 Å². The Kier molecular flexibility index (Phi) is 2.26. The zero-order valence-corrected chi connectivity index (χ0v) is 6.08. The van der Waals surface area contributed by atoms with E-state index in [0.717, 1.165) is 6.54 Å². The van der Waals surface area contributed by atoms with E-state index in [1.807, 2.05) is 29.3 Å². The predicted octanol–water partition coefficient (Wildman–Crippen LogP) is 0.961. The maximum Gasteiger partial charge on any atom is 0.149 e. The molecule has 1 aliphatic rings. The smallest absolute Gasteiger partial charge is 0.149 e. The SMILES string of the molecule is CC(=O)CN1C=CC=CC1. The lowest BCUT2D eigenvalue weighted by atomic mass is 10.3. The first-order valence-electron chi connectivity index (χ1n) is 3.36. The summed E-state index contributed by atoms with van der Waals surface area (Å²) in [5.74, 6) is 0.208. The van der Waals surface area contributed by atoms with E-state index in [9.17, 15) is 4.79 Å². The van der Waals surface area contributed by atoms with Gasteiger partial charge in [-0.1, -0.05) is 12.2 Å². The van der Waals surface area contributed by atoms with Gasteiger partial charge in [-0.2, -0.15) is 0 Å². The first-order valence-corrected chi connectivity index (χ1v) is 3.36. The molecule has 0 aliphatic carbocycles. The third kappa shape index (κ3) is 2.05. The molecule has 0 amide bonds. The van der Waals surface area contributed by atoms with Gasteiger partial charge in [0.15, 0.2) is 0 Å². The van der Waals surface area contributed by atoms with Crippen molar-refractivity contribution in [1.82, 2.24) is 4.90 Å². The zero-order valence-electron chi connectivity index (χ0n) is 6.08. The van der Waals surface area contributed by atoms with Crippen LogP contribution in [0.1, 0.15) is 6.92 Å². The second kappa shape index (κ2) is 3.20. The van der Waals surface area contributed by atoms with Crippen molar-refractivity contribution in [2.24, 2.45) is 0 Å². The maximum atomic E-state index is 10.6. The Balaban J connectivity index is 2.37. The third-order valence-corrected chi connectivity index (χ3v) is 1.31. The molecule has 2 heteroatoms. The molecule has 0 aromatic carbocycles. The highest BCUT2D eigenvalue weighted by molar-refractivity contribution is 5.77. The van der Waals surface area contributed by atoms with Gasteiger partial charge in [0.25, 0.3) is 0 Å². The van der Waals surface area contributed by atoms with Crippen LogP contribution >= 0.6 is 0 Å². The molecule has 10 heavy (non-hydrogen) atoms. The molecule has 1 aliphatic heterocycles. The van der Waals surface area contributed by atoms with Gasteiger partial charge in [0, 0.05) is 6.54 Å². The average Bonchev–Trinajstić information content (AvgIpc) is 1.88. The first-order chi connectivity index (χ1) is 4.79. The molecule has 1 rings (SSSR count). The number of carbonyl (C=O) groups is 1. The maximum absolute atomic E-state index is 10.6. The van der Waals surface area contributed by atoms with E-state index >= 15 is 0 Å². The topological polar surface area (TPSA) is 20.3 Å². The molecule has 0 radical (unpaired) electrons. The predicted molar refractivity (Wildman–Crippen MR) is 40.5 cm³/mol. The number of nitrogens with zero attached hydrogens (tertiary/aromatic N) is 1. The Morgan fingerprint density at radius 2 is 2.40 bits per heavy atom. The van der Waals surface area contributed by atoms with Gasteiger partial charge in [0.05, 0.1) is 6.54 Å². The van der Waals surface area contributed by atoms with Crippen molar-refractivity contribution in [3.8, 4) is 0 Å². The molecule has 0 aromatic heterocycles. The Morgan fingerprint density at radius 3 is 2.90 bits per heavy atom. The average molecular weight is 137 g/mol. The second-order valence-electron chi connectivity index (χ2n) is 2.40. The minimum absolute atomic E-state index is 0.208. The standard InChI is InChI=1S/C8H11NO/c1-8(10)7-9-5-3-2-4-6-9/h2-5H,6-7H2,1H3. The number of ketones is 1. The van der Waals surface area contributed by atoms with Crippen molar-refractivity contribution in [1.29, 1.82) is 0 Å². The monoisotopic (exact) mass is 137 g/mol. The van der Waals surface area contributed by atoms with Gasteiger partial charge in [-0.15, -0.1) is 0 Å². The van der Waals surface area contributed by atoms with Crippen LogP contribution in [0.5, 0.6) is 0 Å². The van der Waals surface area contributed by atoms with E-state index in [1.54, 1.807) is 6.92 Å². The zero-order chi connectivity index (χ0) is 7.40. The van der Waals surface area contributed by atoms with Crippen molar-refractivity contribution in [3.05, 3.63) is 24.4 Å². The molecule has 2 nitrogen and oxygen atoms in total. The van der Waals surface area contributed by atoms with Crippen LogP contribution in [0.25, 0.3) is 0 Å². The largest absolute Gasteiger partial charge is 0.366 e. The first kappa shape index (κ1) is 7.06. The molecule has 0 unspecified atom stereocenters. The molecule has 54 valence electrons. The van der Waals surface area contributed by atoms with E-state index in [0.29, 0.717) is 6.54 Å². The highest BCUT2D eigenvalue weighted by Crippen LogP contribution is 1.96. The van der Waals surface area contributed by atoms with Gasteiger partial charge < -0.3 is 4.90 Å². The van der Waals surface area contributed by atoms with Crippen LogP contribution in [0.15, 0.2) is 24.4 Å². The molecule has 0 aromatic rings. The Morgan fingerprint density at radius 1 is 1.60 bits per heavy atom. The summed E-state index contributed by atoms with van der Waals surface area (Å²) in [6.45, 7) is 2.99. The van der Waals surface area contributed by atoms with Crippen molar-refractivity contribution in [2.75, 3.05) is 13.1 Å². The summed E-state index contributed by atoms with van der Waals surface area (Å²) < 4.78 is 0. The molecule has 0 saturated heterocycles. The second-order valence-corrected chi connectivity index (χ2v) is 2.40. The number of Topliss-reactive ketones (excluding diaryl/α,β-unsaturated/α-hetero) is 1. The van der Waals surface area contributed by atoms with Crippen LogP contribution < -0.4 is 0 Å². The van der Waals surface area contributed by atoms with E-state index in [4.69, 9.17) is 0 Å². The molecule has 0 fully saturated rings. The third-order valence-electron chi connectivity index (χ3n) is 1.31. The number of allylic oxidation sites excluding steroid dienone is 2. The van der Waals surface area contributed by atoms with Crippen molar-refractivity contribution >= 4 is 5.78 Å². The number of rotatable bonds is 2. The Labute approximate surface area is 60.8 Å². The summed E-state index contributed by atoms with van der Waals surface area (Å²) in [7, 11) is 0. The van der Waals surface area contributed by atoms with Crippen LogP contribution in [0.2, 0.25) is 0 Å². The Hall–Kier alpha value is -1.05. The summed E-state index contributed by atoms with van der Waals surface area (Å²) in [4.78, 5) is 12.6. The molecule has 0 saturated carbocycles. The van der Waals surface area contributed by atoms with Gasteiger partial charge in [-0.05, 0) is 19.2 Å². The summed E-state index contributed by atoms with van der Waals surface area (Å²) in [5, 5.41) is 0. The number of carbonyl (C=O) groups excluding carboxylic acids is 1. The van der Waals surface area contributed by atoms with Crippen LogP contribution in [0.3, 0.4) is 0 Å². The summed E-state index contributed by atoms with van der Waals surface area (Å²) in [5.41, 5.74) is 0. The molecule has 0 spiro atoms. The number of hydrogen-bond donors (Lipinski definition) is 0. The quantitative estimate of drug-likeness (QED) is 0.565. The highest BCUT2D eigenvalue weighted by atomic mass is 16.1.